The number of carbonyl (C=O) groups excluding carboxylic acids is 2. The number of rotatable bonds is 4. The normalized spacial score (nSPS) is 18.0. The van der Waals surface area contributed by atoms with Gasteiger partial charge < -0.3 is 9.47 Å². The van der Waals surface area contributed by atoms with Crippen LogP contribution in [0, 0.1) is 18.2 Å². The van der Waals surface area contributed by atoms with Gasteiger partial charge in [0.15, 0.2) is 11.9 Å². The fraction of sp³-hybridized carbons (Fsp3) is 0.375. The molecule has 2 unspecified atom stereocenters. The SMILES string of the molecule is C#CCOC(C)C(=O)Oc1ccc(F)c2c1C(=O)CC2C. The van der Waals surface area contributed by atoms with Crippen molar-refractivity contribution >= 4 is 11.8 Å². The first kappa shape index (κ1) is 15.2. The van der Waals surface area contributed by atoms with Crippen molar-refractivity contribution in [3.05, 3.63) is 29.1 Å². The van der Waals surface area contributed by atoms with Crippen LogP contribution in [0.15, 0.2) is 12.1 Å². The molecule has 0 aromatic heterocycles. The number of fused-ring (bicyclic) bond motifs is 1. The molecule has 1 aliphatic rings. The molecule has 0 spiro atoms. The minimum Gasteiger partial charge on any atom is -0.424 e. The molecule has 110 valence electrons. The van der Waals surface area contributed by atoms with Crippen molar-refractivity contribution in [3.8, 4) is 18.1 Å². The smallest absolute Gasteiger partial charge is 0.340 e. The summed E-state index contributed by atoms with van der Waals surface area (Å²) in [4.78, 5) is 23.8. The Kier molecular flexibility index (Phi) is 4.39. The Morgan fingerprint density at radius 2 is 2.29 bits per heavy atom. The number of carbonyl (C=O) groups is 2. The largest absolute Gasteiger partial charge is 0.424 e. The third kappa shape index (κ3) is 2.96. The van der Waals surface area contributed by atoms with Gasteiger partial charge in [-0.1, -0.05) is 12.8 Å². The number of terminal acetylenes is 1. The average Bonchev–Trinajstić information content (AvgIpc) is 2.75. The minimum atomic E-state index is -0.865. The molecule has 0 aliphatic heterocycles. The van der Waals surface area contributed by atoms with E-state index in [1.165, 1.54) is 19.1 Å². The summed E-state index contributed by atoms with van der Waals surface area (Å²) < 4.78 is 24.0. The molecule has 0 N–H and O–H groups in total. The zero-order chi connectivity index (χ0) is 15.6. The summed E-state index contributed by atoms with van der Waals surface area (Å²) >= 11 is 0. The van der Waals surface area contributed by atoms with Gasteiger partial charge in [0.2, 0.25) is 0 Å². The number of hydrogen-bond acceptors (Lipinski definition) is 4. The van der Waals surface area contributed by atoms with Crippen molar-refractivity contribution < 1.29 is 23.5 Å². The Labute approximate surface area is 122 Å². The lowest BCUT2D eigenvalue weighted by Gasteiger charge is -2.13. The van der Waals surface area contributed by atoms with E-state index >= 15 is 0 Å². The van der Waals surface area contributed by atoms with Gasteiger partial charge in [0.1, 0.15) is 18.2 Å². The molecule has 4 nitrogen and oxygen atoms in total. The molecule has 0 heterocycles. The lowest BCUT2D eigenvalue weighted by molar-refractivity contribution is -0.145. The van der Waals surface area contributed by atoms with Crippen LogP contribution in [0.1, 0.15) is 42.1 Å². The molecule has 0 amide bonds. The number of Topliss-reactive ketones (excluding diaryl/α,β-unsaturated/α-hetero) is 1. The summed E-state index contributed by atoms with van der Waals surface area (Å²) in [5.74, 6) is 0.738. The van der Waals surface area contributed by atoms with Crippen LogP contribution in [0.3, 0.4) is 0 Å². The molecule has 0 saturated carbocycles. The molecule has 0 fully saturated rings. The number of benzene rings is 1. The van der Waals surface area contributed by atoms with E-state index in [0.717, 1.165) is 0 Å². The number of halogens is 1. The topological polar surface area (TPSA) is 52.6 Å². The number of ether oxygens (including phenoxy) is 2. The van der Waals surface area contributed by atoms with Gasteiger partial charge in [0, 0.05) is 12.0 Å². The highest BCUT2D eigenvalue weighted by Crippen LogP contribution is 2.39. The summed E-state index contributed by atoms with van der Waals surface area (Å²) in [6.45, 7) is 3.23. The number of esters is 1. The second kappa shape index (κ2) is 6.06. The molecule has 2 atom stereocenters. The van der Waals surface area contributed by atoms with Crippen LogP contribution in [0.4, 0.5) is 4.39 Å². The molecule has 0 saturated heterocycles. The molecule has 1 aromatic carbocycles. The maximum atomic E-state index is 13.8. The molecule has 0 bridgehead atoms. The Morgan fingerprint density at radius 3 is 2.95 bits per heavy atom. The van der Waals surface area contributed by atoms with E-state index in [9.17, 15) is 14.0 Å². The lowest BCUT2D eigenvalue weighted by atomic mass is 10.0. The highest BCUT2D eigenvalue weighted by molar-refractivity contribution is 6.04. The van der Waals surface area contributed by atoms with E-state index in [2.05, 4.69) is 5.92 Å². The van der Waals surface area contributed by atoms with Crippen molar-refractivity contribution in [1.82, 2.24) is 0 Å². The third-order valence-electron chi connectivity index (χ3n) is 3.38. The third-order valence-corrected chi connectivity index (χ3v) is 3.38. The van der Waals surface area contributed by atoms with Gasteiger partial charge in [0.25, 0.3) is 0 Å². The first-order valence-electron chi connectivity index (χ1n) is 6.58. The fourth-order valence-electron chi connectivity index (χ4n) is 2.34. The first-order valence-corrected chi connectivity index (χ1v) is 6.58. The molecular formula is C16H15FO4. The van der Waals surface area contributed by atoms with Crippen LogP contribution >= 0.6 is 0 Å². The van der Waals surface area contributed by atoms with Crippen LogP contribution < -0.4 is 4.74 Å². The van der Waals surface area contributed by atoms with E-state index in [4.69, 9.17) is 15.9 Å². The van der Waals surface area contributed by atoms with E-state index in [-0.39, 0.29) is 36.0 Å². The molecule has 1 aromatic rings. The van der Waals surface area contributed by atoms with Crippen molar-refractivity contribution in [2.75, 3.05) is 6.61 Å². The van der Waals surface area contributed by atoms with Crippen LogP contribution in [0.2, 0.25) is 0 Å². The molecule has 1 aliphatic carbocycles. The molecular weight excluding hydrogens is 275 g/mol. The van der Waals surface area contributed by atoms with Crippen molar-refractivity contribution in [3.63, 3.8) is 0 Å². The monoisotopic (exact) mass is 290 g/mol. The summed E-state index contributed by atoms with van der Waals surface area (Å²) in [5.41, 5.74) is 0.461. The van der Waals surface area contributed by atoms with Gasteiger partial charge in [-0.3, -0.25) is 4.79 Å². The van der Waals surface area contributed by atoms with Crippen molar-refractivity contribution in [2.24, 2.45) is 0 Å². The summed E-state index contributed by atoms with van der Waals surface area (Å²) in [6.07, 6.45) is 4.39. The van der Waals surface area contributed by atoms with Crippen molar-refractivity contribution in [1.29, 1.82) is 0 Å². The Bertz CT molecular complexity index is 630. The Morgan fingerprint density at radius 1 is 1.57 bits per heavy atom. The number of hydrogen-bond donors (Lipinski definition) is 0. The quantitative estimate of drug-likeness (QED) is 0.485. The zero-order valence-electron chi connectivity index (χ0n) is 11.8. The van der Waals surface area contributed by atoms with E-state index in [0.29, 0.717) is 5.56 Å². The number of ketones is 1. The standard InChI is InChI=1S/C16H15FO4/c1-4-7-20-10(3)16(19)21-13-6-5-11(17)14-9(2)8-12(18)15(13)14/h1,5-6,9-10H,7-8H2,2-3H3. The van der Waals surface area contributed by atoms with Crippen LogP contribution in [-0.2, 0) is 9.53 Å². The van der Waals surface area contributed by atoms with Gasteiger partial charge in [-0.2, -0.15) is 0 Å². The van der Waals surface area contributed by atoms with Crippen LogP contribution in [0.5, 0.6) is 5.75 Å². The summed E-state index contributed by atoms with van der Waals surface area (Å²) in [7, 11) is 0. The van der Waals surface area contributed by atoms with Crippen LogP contribution in [-0.4, -0.2) is 24.5 Å². The second-order valence-corrected chi connectivity index (χ2v) is 4.94. The molecule has 2 rings (SSSR count). The zero-order valence-corrected chi connectivity index (χ0v) is 11.8. The fourth-order valence-corrected chi connectivity index (χ4v) is 2.34. The lowest BCUT2D eigenvalue weighted by Crippen LogP contribution is -2.26. The van der Waals surface area contributed by atoms with Gasteiger partial charge in [-0.25, -0.2) is 9.18 Å². The predicted molar refractivity (Wildman–Crippen MR) is 73.6 cm³/mol. The Balaban J connectivity index is 2.25. The highest BCUT2D eigenvalue weighted by atomic mass is 19.1. The molecule has 0 radical (unpaired) electrons. The summed E-state index contributed by atoms with van der Waals surface area (Å²) in [5, 5.41) is 0. The summed E-state index contributed by atoms with van der Waals surface area (Å²) in [6, 6.07) is 2.49. The van der Waals surface area contributed by atoms with Crippen LogP contribution in [0.25, 0.3) is 0 Å². The van der Waals surface area contributed by atoms with E-state index in [1.54, 1.807) is 6.92 Å². The maximum absolute atomic E-state index is 13.8. The van der Waals surface area contributed by atoms with E-state index < -0.39 is 17.9 Å². The van der Waals surface area contributed by atoms with Gasteiger partial charge >= 0.3 is 5.97 Å². The average molecular weight is 290 g/mol. The molecule has 21 heavy (non-hydrogen) atoms. The van der Waals surface area contributed by atoms with E-state index in [1.807, 2.05) is 0 Å². The molecule has 5 heteroatoms. The predicted octanol–water partition coefficient (Wildman–Crippen LogP) is 2.46. The highest BCUT2D eigenvalue weighted by Gasteiger charge is 2.33. The maximum Gasteiger partial charge on any atom is 0.340 e. The first-order chi connectivity index (χ1) is 9.95. The van der Waals surface area contributed by atoms with Crippen molar-refractivity contribution in [2.45, 2.75) is 32.3 Å². The Hall–Kier alpha value is -2.19. The second-order valence-electron chi connectivity index (χ2n) is 4.94. The van der Waals surface area contributed by atoms with Gasteiger partial charge in [0.05, 0.1) is 5.56 Å². The van der Waals surface area contributed by atoms with Gasteiger partial charge in [-0.05, 0) is 25.0 Å². The minimum absolute atomic E-state index is 0.0201. The van der Waals surface area contributed by atoms with Gasteiger partial charge in [-0.15, -0.1) is 6.42 Å².